The largest absolute Gasteiger partial charge is 0.484 e. The smallest absolute Gasteiger partial charge is 0.260 e. The molecule has 0 heterocycles. The summed E-state index contributed by atoms with van der Waals surface area (Å²) in [5.74, 6) is -0.423. The molecule has 16 heavy (non-hydrogen) atoms. The molecule has 0 bridgehead atoms. The van der Waals surface area contributed by atoms with E-state index >= 15 is 0 Å². The van der Waals surface area contributed by atoms with E-state index in [0.29, 0.717) is 12.3 Å². The summed E-state index contributed by atoms with van der Waals surface area (Å²) in [4.78, 5) is 12.9. The summed E-state index contributed by atoms with van der Waals surface area (Å²) in [7, 11) is 1.67. The van der Waals surface area contributed by atoms with Crippen molar-refractivity contribution in [1.82, 2.24) is 4.90 Å². The Balaban J connectivity index is 2.55. The van der Waals surface area contributed by atoms with E-state index < -0.39 is 5.82 Å². The van der Waals surface area contributed by atoms with Crippen LogP contribution in [0.5, 0.6) is 5.75 Å². The van der Waals surface area contributed by atoms with Crippen molar-refractivity contribution in [3.63, 3.8) is 0 Å². The number of rotatable bonds is 4. The van der Waals surface area contributed by atoms with Crippen LogP contribution in [-0.2, 0) is 4.79 Å². The van der Waals surface area contributed by atoms with Gasteiger partial charge >= 0.3 is 0 Å². The third-order valence-electron chi connectivity index (χ3n) is 2.15. The second-order valence-corrected chi connectivity index (χ2v) is 3.68. The van der Waals surface area contributed by atoms with Crippen molar-refractivity contribution < 1.29 is 13.9 Å². The Morgan fingerprint density at radius 3 is 2.81 bits per heavy atom. The van der Waals surface area contributed by atoms with Crippen molar-refractivity contribution in [3.05, 3.63) is 29.0 Å². The van der Waals surface area contributed by atoms with E-state index in [-0.39, 0.29) is 17.5 Å². The van der Waals surface area contributed by atoms with Crippen molar-refractivity contribution in [2.75, 3.05) is 20.2 Å². The van der Waals surface area contributed by atoms with Crippen molar-refractivity contribution in [1.29, 1.82) is 0 Å². The van der Waals surface area contributed by atoms with Crippen molar-refractivity contribution in [2.45, 2.75) is 6.92 Å². The summed E-state index contributed by atoms with van der Waals surface area (Å²) in [6.07, 6.45) is 0. The van der Waals surface area contributed by atoms with Gasteiger partial charge < -0.3 is 9.64 Å². The predicted molar refractivity (Wildman–Crippen MR) is 60.2 cm³/mol. The second kappa shape index (κ2) is 5.70. The highest BCUT2D eigenvalue weighted by Gasteiger charge is 2.08. The summed E-state index contributed by atoms with van der Waals surface area (Å²) in [6, 6.07) is 4.06. The first-order valence-electron chi connectivity index (χ1n) is 4.86. The molecule has 5 heteroatoms. The van der Waals surface area contributed by atoms with Crippen molar-refractivity contribution >= 4 is 17.5 Å². The average molecular weight is 246 g/mol. The van der Waals surface area contributed by atoms with E-state index in [1.807, 2.05) is 6.92 Å². The van der Waals surface area contributed by atoms with Gasteiger partial charge in [0, 0.05) is 19.7 Å². The lowest BCUT2D eigenvalue weighted by Crippen LogP contribution is -2.31. The molecular weight excluding hydrogens is 233 g/mol. The van der Waals surface area contributed by atoms with E-state index in [1.165, 1.54) is 17.0 Å². The predicted octanol–water partition coefficient (Wildman–Crippen LogP) is 2.34. The van der Waals surface area contributed by atoms with Crippen LogP contribution >= 0.6 is 11.6 Å². The summed E-state index contributed by atoms with van der Waals surface area (Å²) < 4.78 is 18.2. The van der Waals surface area contributed by atoms with Gasteiger partial charge in [-0.05, 0) is 19.1 Å². The lowest BCUT2D eigenvalue weighted by atomic mass is 10.3. The first-order chi connectivity index (χ1) is 7.54. The molecule has 0 aromatic heterocycles. The van der Waals surface area contributed by atoms with Crippen molar-refractivity contribution in [3.8, 4) is 5.75 Å². The zero-order valence-electron chi connectivity index (χ0n) is 9.17. The van der Waals surface area contributed by atoms with E-state index in [9.17, 15) is 9.18 Å². The lowest BCUT2D eigenvalue weighted by molar-refractivity contribution is -0.131. The van der Waals surface area contributed by atoms with E-state index in [2.05, 4.69) is 0 Å². The molecule has 0 atom stereocenters. The van der Waals surface area contributed by atoms with Gasteiger partial charge in [0.2, 0.25) is 0 Å². The highest BCUT2D eigenvalue weighted by Crippen LogP contribution is 2.20. The molecule has 1 rings (SSSR count). The fourth-order valence-electron chi connectivity index (χ4n) is 0.998. The Bertz CT molecular complexity index is 384. The van der Waals surface area contributed by atoms with Gasteiger partial charge in [-0.1, -0.05) is 11.6 Å². The van der Waals surface area contributed by atoms with Gasteiger partial charge in [-0.2, -0.15) is 0 Å². The molecule has 0 unspecified atom stereocenters. The molecule has 88 valence electrons. The van der Waals surface area contributed by atoms with Crippen LogP contribution in [0.15, 0.2) is 18.2 Å². The third kappa shape index (κ3) is 3.38. The number of likely N-dealkylation sites (N-methyl/N-ethyl adjacent to an activating group) is 1. The Labute approximate surface area is 98.8 Å². The first kappa shape index (κ1) is 12.8. The molecule has 0 fully saturated rings. The third-order valence-corrected chi connectivity index (χ3v) is 2.46. The fraction of sp³-hybridized carbons (Fsp3) is 0.364. The van der Waals surface area contributed by atoms with Crippen LogP contribution in [0.2, 0.25) is 5.02 Å². The minimum atomic E-state index is -0.560. The zero-order valence-corrected chi connectivity index (χ0v) is 9.92. The molecule has 1 aromatic carbocycles. The summed E-state index contributed by atoms with van der Waals surface area (Å²) >= 11 is 5.51. The molecule has 0 saturated heterocycles. The minimum Gasteiger partial charge on any atom is -0.484 e. The van der Waals surface area contributed by atoms with Gasteiger partial charge in [0.25, 0.3) is 5.91 Å². The van der Waals surface area contributed by atoms with Gasteiger partial charge in [0.1, 0.15) is 11.6 Å². The molecule has 0 aliphatic heterocycles. The number of halogens is 2. The van der Waals surface area contributed by atoms with E-state index in [0.717, 1.165) is 6.07 Å². The molecule has 0 aliphatic rings. The fourth-order valence-corrected chi connectivity index (χ4v) is 1.12. The molecular formula is C11H13ClFNO2. The maximum absolute atomic E-state index is 13.0. The van der Waals surface area contributed by atoms with Gasteiger partial charge in [-0.15, -0.1) is 0 Å². The van der Waals surface area contributed by atoms with Crippen LogP contribution in [0, 0.1) is 5.82 Å². The quantitative estimate of drug-likeness (QED) is 0.815. The van der Waals surface area contributed by atoms with Gasteiger partial charge in [-0.25, -0.2) is 4.39 Å². The number of nitrogens with zero attached hydrogens (tertiary/aromatic N) is 1. The Kier molecular flexibility index (Phi) is 4.55. The molecule has 0 spiro atoms. The summed E-state index contributed by atoms with van der Waals surface area (Å²) in [5, 5.41) is 0.0318. The van der Waals surface area contributed by atoms with Crippen LogP contribution in [0.4, 0.5) is 4.39 Å². The Morgan fingerprint density at radius 1 is 1.56 bits per heavy atom. The van der Waals surface area contributed by atoms with Crippen LogP contribution in [-0.4, -0.2) is 31.0 Å². The SMILES string of the molecule is CCN(C)C(=O)COc1ccc(Cl)c(F)c1. The monoisotopic (exact) mass is 245 g/mol. The molecule has 0 aliphatic carbocycles. The Morgan fingerprint density at radius 2 is 2.25 bits per heavy atom. The molecule has 1 aromatic rings. The summed E-state index contributed by atoms with van der Waals surface area (Å²) in [6.45, 7) is 2.36. The van der Waals surface area contributed by atoms with Crippen molar-refractivity contribution in [2.24, 2.45) is 0 Å². The number of carbonyl (C=O) groups excluding carboxylic acids is 1. The second-order valence-electron chi connectivity index (χ2n) is 3.27. The van der Waals surface area contributed by atoms with E-state index in [4.69, 9.17) is 16.3 Å². The highest BCUT2D eigenvalue weighted by atomic mass is 35.5. The normalized spacial score (nSPS) is 10.0. The maximum atomic E-state index is 13.0. The highest BCUT2D eigenvalue weighted by molar-refractivity contribution is 6.30. The molecule has 0 saturated carbocycles. The van der Waals surface area contributed by atoms with Crippen LogP contribution in [0.25, 0.3) is 0 Å². The number of amides is 1. The van der Waals surface area contributed by atoms with Gasteiger partial charge in [-0.3, -0.25) is 4.79 Å². The Hall–Kier alpha value is -1.29. The standard InChI is InChI=1S/C11H13ClFNO2/c1-3-14(2)11(15)7-16-8-4-5-9(12)10(13)6-8/h4-6H,3,7H2,1-2H3. The number of carbonyl (C=O) groups is 1. The van der Waals surface area contributed by atoms with Gasteiger partial charge in [0.05, 0.1) is 5.02 Å². The van der Waals surface area contributed by atoms with E-state index in [1.54, 1.807) is 7.05 Å². The van der Waals surface area contributed by atoms with Crippen LogP contribution in [0.1, 0.15) is 6.92 Å². The maximum Gasteiger partial charge on any atom is 0.260 e. The molecule has 0 radical (unpaired) electrons. The molecule has 0 N–H and O–H groups in total. The molecule has 1 amide bonds. The zero-order chi connectivity index (χ0) is 12.1. The number of hydrogen-bond donors (Lipinski definition) is 0. The molecule has 3 nitrogen and oxygen atoms in total. The van der Waals surface area contributed by atoms with Crippen LogP contribution < -0.4 is 4.74 Å². The minimum absolute atomic E-state index is 0.0318. The number of hydrogen-bond acceptors (Lipinski definition) is 2. The first-order valence-corrected chi connectivity index (χ1v) is 5.24. The average Bonchev–Trinajstić information content (AvgIpc) is 2.29. The lowest BCUT2D eigenvalue weighted by Gasteiger charge is -2.14. The van der Waals surface area contributed by atoms with Crippen LogP contribution in [0.3, 0.4) is 0 Å². The van der Waals surface area contributed by atoms with Gasteiger partial charge in [0.15, 0.2) is 6.61 Å². The topological polar surface area (TPSA) is 29.5 Å². The summed E-state index contributed by atoms with van der Waals surface area (Å²) in [5.41, 5.74) is 0. The number of benzene rings is 1. The number of ether oxygens (including phenoxy) is 1.